The maximum Gasteiger partial charge on any atom is 0.243 e. The lowest BCUT2D eigenvalue weighted by molar-refractivity contribution is -0.139. The summed E-state index contributed by atoms with van der Waals surface area (Å²) < 4.78 is 0. The molecule has 0 spiro atoms. The first-order chi connectivity index (χ1) is 10.2. The molecule has 1 N–H and O–H groups in total. The van der Waals surface area contributed by atoms with Crippen LogP contribution in [-0.2, 0) is 9.59 Å². The Bertz CT molecular complexity index is 525. The Balaban J connectivity index is 1.69. The summed E-state index contributed by atoms with van der Waals surface area (Å²) in [5.74, 6) is -0.0983. The number of likely N-dealkylation sites (tertiary alicyclic amines) is 1. The fourth-order valence-electron chi connectivity index (χ4n) is 2.96. The highest BCUT2D eigenvalue weighted by Gasteiger charge is 2.37. The average Bonchev–Trinajstić information content (AvgIpc) is 3.18. The van der Waals surface area contributed by atoms with Crippen LogP contribution in [0.1, 0.15) is 44.1 Å². The molecular formula is C17H22N2O2. The van der Waals surface area contributed by atoms with Gasteiger partial charge in [-0.15, -0.1) is 0 Å². The first kappa shape index (κ1) is 14.1. The van der Waals surface area contributed by atoms with Crippen LogP contribution < -0.4 is 5.32 Å². The molecule has 1 aromatic carbocycles. The van der Waals surface area contributed by atoms with Crippen molar-refractivity contribution in [2.24, 2.45) is 0 Å². The molecule has 1 aromatic rings. The van der Waals surface area contributed by atoms with Crippen molar-refractivity contribution >= 4 is 11.8 Å². The van der Waals surface area contributed by atoms with E-state index in [2.05, 4.69) is 5.32 Å². The summed E-state index contributed by atoms with van der Waals surface area (Å²) in [7, 11) is 0. The van der Waals surface area contributed by atoms with E-state index in [0.29, 0.717) is 12.6 Å². The van der Waals surface area contributed by atoms with E-state index in [-0.39, 0.29) is 23.8 Å². The van der Waals surface area contributed by atoms with Gasteiger partial charge in [-0.1, -0.05) is 30.3 Å². The van der Waals surface area contributed by atoms with E-state index in [1.54, 1.807) is 4.90 Å². The number of rotatable bonds is 4. The van der Waals surface area contributed by atoms with Gasteiger partial charge in [0.25, 0.3) is 0 Å². The summed E-state index contributed by atoms with van der Waals surface area (Å²) in [6, 6.07) is 9.85. The van der Waals surface area contributed by atoms with Crippen LogP contribution in [0.25, 0.3) is 0 Å². The predicted octanol–water partition coefficient (Wildman–Crippen LogP) is 2.06. The molecule has 0 aromatic heterocycles. The first-order valence-corrected chi connectivity index (χ1v) is 7.82. The number of benzene rings is 1. The van der Waals surface area contributed by atoms with E-state index in [1.807, 2.05) is 37.3 Å². The summed E-state index contributed by atoms with van der Waals surface area (Å²) >= 11 is 0. The smallest absolute Gasteiger partial charge is 0.243 e. The van der Waals surface area contributed by atoms with E-state index in [9.17, 15) is 9.59 Å². The van der Waals surface area contributed by atoms with Crippen LogP contribution in [0.15, 0.2) is 30.3 Å². The van der Waals surface area contributed by atoms with Crippen molar-refractivity contribution in [3.05, 3.63) is 35.9 Å². The number of nitrogens with one attached hydrogen (secondary N) is 1. The van der Waals surface area contributed by atoms with Crippen molar-refractivity contribution in [2.75, 3.05) is 6.54 Å². The number of carbonyl (C=O) groups excluding carboxylic acids is 2. The Kier molecular flexibility index (Phi) is 3.95. The Morgan fingerprint density at radius 1 is 1.19 bits per heavy atom. The molecular weight excluding hydrogens is 264 g/mol. The second-order valence-corrected chi connectivity index (χ2v) is 6.10. The van der Waals surface area contributed by atoms with Crippen LogP contribution in [0.4, 0.5) is 0 Å². The highest BCUT2D eigenvalue weighted by atomic mass is 16.2. The zero-order chi connectivity index (χ0) is 14.8. The van der Waals surface area contributed by atoms with Gasteiger partial charge in [0.2, 0.25) is 11.8 Å². The van der Waals surface area contributed by atoms with Gasteiger partial charge < -0.3 is 10.2 Å². The van der Waals surface area contributed by atoms with Crippen LogP contribution in [0.3, 0.4) is 0 Å². The molecule has 4 heteroatoms. The van der Waals surface area contributed by atoms with Gasteiger partial charge in [-0.2, -0.15) is 0 Å². The molecule has 0 bridgehead atoms. The SMILES string of the molecule is CC(C(=O)N1CCCC1C(=O)NC1CC1)c1ccccc1. The molecule has 2 unspecified atom stereocenters. The lowest BCUT2D eigenvalue weighted by atomic mass is 9.99. The topological polar surface area (TPSA) is 49.4 Å². The molecule has 4 nitrogen and oxygen atoms in total. The Hall–Kier alpha value is -1.84. The third-order valence-electron chi connectivity index (χ3n) is 4.43. The third kappa shape index (κ3) is 3.09. The zero-order valence-corrected chi connectivity index (χ0v) is 12.4. The van der Waals surface area contributed by atoms with Gasteiger partial charge >= 0.3 is 0 Å². The minimum absolute atomic E-state index is 0.0311. The van der Waals surface area contributed by atoms with Crippen LogP contribution in [-0.4, -0.2) is 35.3 Å². The van der Waals surface area contributed by atoms with Crippen molar-refractivity contribution in [1.82, 2.24) is 10.2 Å². The van der Waals surface area contributed by atoms with Crippen molar-refractivity contribution in [3.63, 3.8) is 0 Å². The molecule has 1 heterocycles. The van der Waals surface area contributed by atoms with Crippen LogP contribution in [0, 0.1) is 0 Å². The van der Waals surface area contributed by atoms with Crippen LogP contribution >= 0.6 is 0 Å². The van der Waals surface area contributed by atoms with Crippen LogP contribution in [0.2, 0.25) is 0 Å². The molecule has 21 heavy (non-hydrogen) atoms. The van der Waals surface area contributed by atoms with Gasteiger partial charge in [0.15, 0.2) is 0 Å². The summed E-state index contributed by atoms with van der Waals surface area (Å²) in [6.07, 6.45) is 3.85. The number of hydrogen-bond acceptors (Lipinski definition) is 2. The molecule has 1 saturated carbocycles. The number of nitrogens with zero attached hydrogens (tertiary/aromatic N) is 1. The number of carbonyl (C=O) groups is 2. The highest BCUT2D eigenvalue weighted by molar-refractivity contribution is 5.91. The van der Waals surface area contributed by atoms with Gasteiger partial charge in [-0.05, 0) is 38.2 Å². The van der Waals surface area contributed by atoms with Gasteiger partial charge in [0, 0.05) is 12.6 Å². The molecule has 0 radical (unpaired) electrons. The molecule has 2 aliphatic rings. The van der Waals surface area contributed by atoms with E-state index >= 15 is 0 Å². The van der Waals surface area contributed by atoms with Gasteiger partial charge in [0.1, 0.15) is 6.04 Å². The molecule has 1 aliphatic heterocycles. The predicted molar refractivity (Wildman–Crippen MR) is 80.8 cm³/mol. The Morgan fingerprint density at radius 2 is 1.90 bits per heavy atom. The van der Waals surface area contributed by atoms with Gasteiger partial charge in [0.05, 0.1) is 5.92 Å². The quantitative estimate of drug-likeness (QED) is 0.921. The molecule has 2 amide bonds. The molecule has 2 fully saturated rings. The molecule has 1 aliphatic carbocycles. The normalized spacial score (nSPS) is 22.9. The van der Waals surface area contributed by atoms with Gasteiger partial charge in [-0.3, -0.25) is 9.59 Å². The molecule has 112 valence electrons. The van der Waals surface area contributed by atoms with Crippen molar-refractivity contribution in [2.45, 2.75) is 50.6 Å². The Labute approximate surface area is 125 Å². The minimum atomic E-state index is -0.274. The first-order valence-electron chi connectivity index (χ1n) is 7.82. The summed E-state index contributed by atoms with van der Waals surface area (Å²) in [4.78, 5) is 26.7. The Morgan fingerprint density at radius 3 is 2.57 bits per heavy atom. The standard InChI is InChI=1S/C17H22N2O2/c1-12(13-6-3-2-4-7-13)17(21)19-11-5-8-15(19)16(20)18-14-9-10-14/h2-4,6-7,12,14-15H,5,8-11H2,1H3,(H,18,20). The van der Waals surface area contributed by atoms with E-state index in [0.717, 1.165) is 31.2 Å². The number of hydrogen-bond donors (Lipinski definition) is 1. The second-order valence-electron chi connectivity index (χ2n) is 6.10. The fourth-order valence-corrected chi connectivity index (χ4v) is 2.96. The lowest BCUT2D eigenvalue weighted by Gasteiger charge is -2.27. The van der Waals surface area contributed by atoms with E-state index in [1.165, 1.54) is 0 Å². The monoisotopic (exact) mass is 286 g/mol. The largest absolute Gasteiger partial charge is 0.352 e. The maximum atomic E-state index is 12.7. The van der Waals surface area contributed by atoms with Crippen molar-refractivity contribution in [1.29, 1.82) is 0 Å². The summed E-state index contributed by atoms with van der Waals surface area (Å²) in [5, 5.41) is 3.03. The summed E-state index contributed by atoms with van der Waals surface area (Å²) in [5.41, 5.74) is 1.01. The third-order valence-corrected chi connectivity index (χ3v) is 4.43. The number of amides is 2. The van der Waals surface area contributed by atoms with E-state index in [4.69, 9.17) is 0 Å². The fraction of sp³-hybridized carbons (Fsp3) is 0.529. The van der Waals surface area contributed by atoms with E-state index < -0.39 is 0 Å². The van der Waals surface area contributed by atoms with Crippen molar-refractivity contribution < 1.29 is 9.59 Å². The van der Waals surface area contributed by atoms with Gasteiger partial charge in [-0.25, -0.2) is 0 Å². The molecule has 3 rings (SSSR count). The average molecular weight is 286 g/mol. The van der Waals surface area contributed by atoms with Crippen molar-refractivity contribution in [3.8, 4) is 0 Å². The maximum absolute atomic E-state index is 12.7. The summed E-state index contributed by atoms with van der Waals surface area (Å²) in [6.45, 7) is 2.62. The zero-order valence-electron chi connectivity index (χ0n) is 12.4. The molecule has 2 atom stereocenters. The highest BCUT2D eigenvalue weighted by Crippen LogP contribution is 2.26. The lowest BCUT2D eigenvalue weighted by Crippen LogP contribution is -2.47. The van der Waals surface area contributed by atoms with Crippen LogP contribution in [0.5, 0.6) is 0 Å². The molecule has 1 saturated heterocycles. The second kappa shape index (κ2) is 5.88. The minimum Gasteiger partial charge on any atom is -0.352 e.